The van der Waals surface area contributed by atoms with Crippen LogP contribution in [-0.4, -0.2) is 61.6 Å². The maximum Gasteiger partial charge on any atom is 0.241 e. The zero-order valence-electron chi connectivity index (χ0n) is 16.7. The first kappa shape index (κ1) is 19.6. The molecule has 0 amide bonds. The number of aromatic nitrogens is 4. The standard InChI is InChI=1S/C19H25N7O2S/c1-13-7-9-26(17-5-4-14(10-22-17)29(27,28)20-2)11-16(13)25(3)19-15-6-8-21-18(15)23-12-24-19/h4-6,8,10,12-13,16,20H,7,9,11H2,1-3H3,(H,21,23,24). The minimum atomic E-state index is -3.49. The molecule has 4 rings (SSSR count). The molecule has 9 nitrogen and oxygen atoms in total. The monoisotopic (exact) mass is 415 g/mol. The molecule has 2 atom stereocenters. The van der Waals surface area contributed by atoms with Crippen LogP contribution in [-0.2, 0) is 10.0 Å². The van der Waals surface area contributed by atoms with E-state index in [9.17, 15) is 8.42 Å². The largest absolute Gasteiger partial charge is 0.355 e. The number of aromatic amines is 1. The Balaban J connectivity index is 1.57. The highest BCUT2D eigenvalue weighted by Gasteiger charge is 2.31. The lowest BCUT2D eigenvalue weighted by atomic mass is 9.92. The smallest absolute Gasteiger partial charge is 0.241 e. The Morgan fingerprint density at radius 2 is 2.07 bits per heavy atom. The lowest BCUT2D eigenvalue weighted by Crippen LogP contribution is -2.51. The van der Waals surface area contributed by atoms with Crippen LogP contribution < -0.4 is 14.5 Å². The van der Waals surface area contributed by atoms with Crippen molar-refractivity contribution in [2.24, 2.45) is 5.92 Å². The average Bonchev–Trinajstić information content (AvgIpc) is 3.23. The predicted octanol–water partition coefficient (Wildman–Crippen LogP) is 1.61. The number of nitrogens with one attached hydrogen (secondary N) is 2. The second kappa shape index (κ2) is 7.60. The first-order valence-electron chi connectivity index (χ1n) is 9.56. The molecule has 4 heterocycles. The number of hydrogen-bond acceptors (Lipinski definition) is 7. The molecule has 0 aromatic carbocycles. The average molecular weight is 416 g/mol. The fourth-order valence-electron chi connectivity index (χ4n) is 3.89. The molecule has 0 aliphatic carbocycles. The van der Waals surface area contributed by atoms with Gasteiger partial charge in [0.05, 0.1) is 11.4 Å². The number of pyridine rings is 1. The molecule has 1 aliphatic heterocycles. The summed E-state index contributed by atoms with van der Waals surface area (Å²) >= 11 is 0. The van der Waals surface area contributed by atoms with Crippen molar-refractivity contribution in [3.8, 4) is 0 Å². The van der Waals surface area contributed by atoms with E-state index in [1.807, 2.05) is 12.3 Å². The zero-order valence-corrected chi connectivity index (χ0v) is 17.5. The van der Waals surface area contributed by atoms with E-state index in [4.69, 9.17) is 0 Å². The molecule has 154 valence electrons. The van der Waals surface area contributed by atoms with Gasteiger partial charge in [-0.05, 0) is 37.6 Å². The van der Waals surface area contributed by atoms with Crippen LogP contribution in [0, 0.1) is 5.92 Å². The van der Waals surface area contributed by atoms with Gasteiger partial charge in [0.25, 0.3) is 0 Å². The molecule has 3 aromatic heterocycles. The van der Waals surface area contributed by atoms with Gasteiger partial charge < -0.3 is 14.8 Å². The SMILES string of the molecule is CNS(=O)(=O)c1ccc(N2CCC(C)C(N(C)c3ncnc4[nH]ccc34)C2)nc1. The maximum atomic E-state index is 11.9. The van der Waals surface area contributed by atoms with Crippen LogP contribution in [0.1, 0.15) is 13.3 Å². The Hall–Kier alpha value is -2.72. The molecule has 10 heteroatoms. The van der Waals surface area contributed by atoms with Crippen LogP contribution in [0.25, 0.3) is 11.0 Å². The van der Waals surface area contributed by atoms with E-state index in [0.29, 0.717) is 5.92 Å². The van der Waals surface area contributed by atoms with Crippen LogP contribution in [0.4, 0.5) is 11.6 Å². The van der Waals surface area contributed by atoms with E-state index in [2.05, 4.69) is 48.4 Å². The highest BCUT2D eigenvalue weighted by atomic mass is 32.2. The van der Waals surface area contributed by atoms with Gasteiger partial charge in [-0.1, -0.05) is 6.92 Å². The summed E-state index contributed by atoms with van der Waals surface area (Å²) in [5.41, 5.74) is 0.824. The molecule has 1 saturated heterocycles. The number of fused-ring (bicyclic) bond motifs is 1. The molecular weight excluding hydrogens is 390 g/mol. The molecule has 3 aromatic rings. The van der Waals surface area contributed by atoms with Crippen molar-refractivity contribution in [2.45, 2.75) is 24.3 Å². The van der Waals surface area contributed by atoms with E-state index in [1.54, 1.807) is 18.5 Å². The highest BCUT2D eigenvalue weighted by Crippen LogP contribution is 2.30. The van der Waals surface area contributed by atoms with E-state index in [-0.39, 0.29) is 10.9 Å². The molecule has 0 spiro atoms. The number of hydrogen-bond donors (Lipinski definition) is 2. The quantitative estimate of drug-likeness (QED) is 0.652. The van der Waals surface area contributed by atoms with Crippen molar-refractivity contribution < 1.29 is 8.42 Å². The Morgan fingerprint density at radius 3 is 2.79 bits per heavy atom. The van der Waals surface area contributed by atoms with Gasteiger partial charge >= 0.3 is 0 Å². The Morgan fingerprint density at radius 1 is 1.24 bits per heavy atom. The van der Waals surface area contributed by atoms with Crippen LogP contribution in [0.5, 0.6) is 0 Å². The number of rotatable bonds is 5. The second-order valence-electron chi connectivity index (χ2n) is 7.39. The minimum Gasteiger partial charge on any atom is -0.355 e. The van der Waals surface area contributed by atoms with Gasteiger partial charge in [-0.3, -0.25) is 0 Å². The first-order valence-corrected chi connectivity index (χ1v) is 11.0. The third kappa shape index (κ3) is 3.65. The molecule has 29 heavy (non-hydrogen) atoms. The fourth-order valence-corrected chi connectivity index (χ4v) is 4.57. The molecule has 2 N–H and O–H groups in total. The number of anilines is 2. The summed E-state index contributed by atoms with van der Waals surface area (Å²) in [6.45, 7) is 3.91. The number of nitrogens with zero attached hydrogens (tertiary/aromatic N) is 5. The third-order valence-corrected chi connectivity index (χ3v) is 7.11. The second-order valence-corrected chi connectivity index (χ2v) is 9.27. The molecule has 2 unspecified atom stereocenters. The summed E-state index contributed by atoms with van der Waals surface area (Å²) < 4.78 is 26.2. The van der Waals surface area contributed by atoms with Crippen molar-refractivity contribution in [3.05, 3.63) is 36.9 Å². The van der Waals surface area contributed by atoms with Crippen LogP contribution in [0.3, 0.4) is 0 Å². The summed E-state index contributed by atoms with van der Waals surface area (Å²) in [5, 5.41) is 0.999. The Bertz CT molecular complexity index is 1100. The molecule has 0 radical (unpaired) electrons. The van der Waals surface area contributed by atoms with Crippen LogP contribution in [0.15, 0.2) is 41.8 Å². The predicted molar refractivity (Wildman–Crippen MR) is 113 cm³/mol. The van der Waals surface area contributed by atoms with Gasteiger partial charge in [0, 0.05) is 32.5 Å². The van der Waals surface area contributed by atoms with Gasteiger partial charge in [0.2, 0.25) is 10.0 Å². The maximum absolute atomic E-state index is 11.9. The molecule has 1 fully saturated rings. The van der Waals surface area contributed by atoms with Gasteiger partial charge in [-0.2, -0.15) is 0 Å². The topological polar surface area (TPSA) is 107 Å². The van der Waals surface area contributed by atoms with Crippen LogP contribution in [0.2, 0.25) is 0 Å². The lowest BCUT2D eigenvalue weighted by molar-refractivity contribution is 0.366. The number of likely N-dealkylation sites (N-methyl/N-ethyl adjacent to an activating group) is 1. The Kier molecular flexibility index (Phi) is 5.13. The van der Waals surface area contributed by atoms with Crippen molar-refractivity contribution in [2.75, 3.05) is 37.0 Å². The number of piperidine rings is 1. The number of sulfonamides is 1. The van der Waals surface area contributed by atoms with Crippen molar-refractivity contribution in [3.63, 3.8) is 0 Å². The summed E-state index contributed by atoms with van der Waals surface area (Å²) in [6, 6.07) is 5.60. The third-order valence-electron chi connectivity index (χ3n) is 5.71. The molecule has 1 aliphatic rings. The van der Waals surface area contributed by atoms with Crippen LogP contribution >= 0.6 is 0 Å². The Labute approximate surface area is 170 Å². The highest BCUT2D eigenvalue weighted by molar-refractivity contribution is 7.89. The zero-order chi connectivity index (χ0) is 20.6. The normalized spacial score (nSPS) is 20.2. The summed E-state index contributed by atoms with van der Waals surface area (Å²) in [7, 11) is -0.0283. The molecule has 0 saturated carbocycles. The summed E-state index contributed by atoms with van der Waals surface area (Å²) in [4.78, 5) is 20.9. The molecular formula is C19H25N7O2S. The van der Waals surface area contributed by atoms with Crippen molar-refractivity contribution in [1.82, 2.24) is 24.7 Å². The number of H-pyrrole nitrogens is 1. The van der Waals surface area contributed by atoms with Gasteiger partial charge in [-0.25, -0.2) is 28.1 Å². The van der Waals surface area contributed by atoms with E-state index in [0.717, 1.165) is 42.2 Å². The summed E-state index contributed by atoms with van der Waals surface area (Å²) in [5.74, 6) is 2.15. The van der Waals surface area contributed by atoms with E-state index < -0.39 is 10.0 Å². The van der Waals surface area contributed by atoms with Gasteiger partial charge in [0.15, 0.2) is 0 Å². The fraction of sp³-hybridized carbons (Fsp3) is 0.421. The van der Waals surface area contributed by atoms with E-state index >= 15 is 0 Å². The van der Waals surface area contributed by atoms with Crippen molar-refractivity contribution >= 4 is 32.7 Å². The first-order chi connectivity index (χ1) is 13.9. The minimum absolute atomic E-state index is 0.165. The van der Waals surface area contributed by atoms with Crippen molar-refractivity contribution in [1.29, 1.82) is 0 Å². The lowest BCUT2D eigenvalue weighted by Gasteiger charge is -2.42. The molecule has 0 bridgehead atoms. The van der Waals surface area contributed by atoms with Gasteiger partial charge in [0.1, 0.15) is 28.5 Å². The van der Waals surface area contributed by atoms with E-state index in [1.165, 1.54) is 13.2 Å². The summed E-state index contributed by atoms with van der Waals surface area (Å²) in [6.07, 6.45) is 5.87. The van der Waals surface area contributed by atoms with Gasteiger partial charge in [-0.15, -0.1) is 0 Å².